The van der Waals surface area contributed by atoms with Crippen LogP contribution in [0, 0.1) is 0 Å². The number of rotatable bonds is 1. The number of carbonyl (C=O) groups excluding carboxylic acids is 1. The zero-order valence-corrected chi connectivity index (χ0v) is 14.9. The molecule has 2 bridgehead atoms. The van der Waals surface area contributed by atoms with Crippen LogP contribution in [-0.4, -0.2) is 58.4 Å². The predicted molar refractivity (Wildman–Crippen MR) is 96.4 cm³/mol. The lowest BCUT2D eigenvalue weighted by atomic mass is 10.2. The van der Waals surface area contributed by atoms with Crippen LogP contribution >= 0.6 is 0 Å². The second-order valence-electron chi connectivity index (χ2n) is 6.49. The first-order valence-electron chi connectivity index (χ1n) is 8.51. The van der Waals surface area contributed by atoms with Gasteiger partial charge in [-0.2, -0.15) is 4.99 Å². The number of ether oxygens (including phenoxy) is 1. The summed E-state index contributed by atoms with van der Waals surface area (Å²) in [5.41, 5.74) is 0.653. The predicted octanol–water partition coefficient (Wildman–Crippen LogP) is 0.918. The highest BCUT2D eigenvalue weighted by atomic mass is 19.2. The Morgan fingerprint density at radius 2 is 2.21 bits per heavy atom. The topological polar surface area (TPSA) is 104 Å². The summed E-state index contributed by atoms with van der Waals surface area (Å²) in [5.74, 6) is -1.28. The van der Waals surface area contributed by atoms with Crippen molar-refractivity contribution in [1.82, 2.24) is 10.2 Å². The van der Waals surface area contributed by atoms with E-state index in [4.69, 9.17) is 4.74 Å². The van der Waals surface area contributed by atoms with E-state index in [1.165, 1.54) is 12.3 Å². The zero-order valence-electron chi connectivity index (χ0n) is 14.9. The van der Waals surface area contributed by atoms with E-state index < -0.39 is 22.8 Å². The van der Waals surface area contributed by atoms with E-state index in [1.54, 1.807) is 36.2 Å². The number of amidine groups is 1. The molecule has 1 aromatic rings. The maximum atomic E-state index is 14.9. The first-order chi connectivity index (χ1) is 13.4. The van der Waals surface area contributed by atoms with E-state index in [-0.39, 0.29) is 17.9 Å². The summed E-state index contributed by atoms with van der Waals surface area (Å²) in [4.78, 5) is 28.7. The summed E-state index contributed by atoms with van der Waals surface area (Å²) in [6.07, 6.45) is 2.44. The number of nitrogens with one attached hydrogen (secondary N) is 1. The highest BCUT2D eigenvalue weighted by molar-refractivity contribution is 6.13. The Hall–Kier alpha value is -3.53. The lowest BCUT2D eigenvalue weighted by Crippen LogP contribution is -2.41. The summed E-state index contributed by atoms with van der Waals surface area (Å²) in [5, 5.41) is 15.6. The largest absolute Gasteiger partial charge is 0.478 e. The van der Waals surface area contributed by atoms with Gasteiger partial charge in [0, 0.05) is 29.7 Å². The molecule has 0 aromatic heterocycles. The number of aliphatic imine (C=N–C) groups is 1. The van der Waals surface area contributed by atoms with E-state index >= 15 is 0 Å². The normalized spacial score (nSPS) is 26.4. The maximum Gasteiger partial charge on any atom is 0.346 e. The number of amides is 1. The smallest absolute Gasteiger partial charge is 0.346 e. The number of aliphatic carboxylic acids is 1. The van der Waals surface area contributed by atoms with Gasteiger partial charge in [0.15, 0.2) is 11.8 Å². The molecule has 0 aliphatic carbocycles. The van der Waals surface area contributed by atoms with Gasteiger partial charge in [-0.15, -0.1) is 0 Å². The molecule has 10 heteroatoms. The Morgan fingerprint density at radius 3 is 3.00 bits per heavy atom. The van der Waals surface area contributed by atoms with Crippen LogP contribution in [0.2, 0.25) is 0 Å². The van der Waals surface area contributed by atoms with E-state index in [9.17, 15) is 19.2 Å². The molecular weight excluding hydrogens is 369 g/mol. The van der Waals surface area contributed by atoms with E-state index in [0.29, 0.717) is 18.1 Å². The van der Waals surface area contributed by atoms with Gasteiger partial charge in [0.05, 0.1) is 11.4 Å². The molecule has 3 aliphatic heterocycles. The molecule has 2 unspecified atom stereocenters. The number of quaternary nitrogens is 1. The van der Waals surface area contributed by atoms with E-state index in [1.807, 2.05) is 0 Å². The minimum absolute atomic E-state index is 0.0707. The van der Waals surface area contributed by atoms with Crippen LogP contribution in [0.5, 0.6) is 5.75 Å². The average molecular weight is 386 g/mol. The number of carbonyl (C=O) groups is 2. The molecule has 144 valence electrons. The summed E-state index contributed by atoms with van der Waals surface area (Å²) < 4.78 is 20.6. The van der Waals surface area contributed by atoms with Gasteiger partial charge in [0.1, 0.15) is 17.8 Å². The standard InChI is InChI=1S/C18H16FN5O4/c1-23-10-11-4-2-3-5-13(11)28-14(18(26)27)9-20-17(25)12-8-21-24(19)7-6-15(23)22-16(12)24/h2-8,14H,9-10H2,1H3,(H-,20,25,26,27)/p+1. The number of carboxylic acid groups (broad SMARTS) is 1. The van der Waals surface area contributed by atoms with Gasteiger partial charge in [0.25, 0.3) is 5.91 Å². The average Bonchev–Trinajstić information content (AvgIpc) is 3.01. The third kappa shape index (κ3) is 3.03. The second kappa shape index (κ2) is 6.57. The minimum atomic E-state index is -1.46. The molecule has 0 spiro atoms. The Kier molecular flexibility index (Phi) is 4.19. The lowest BCUT2D eigenvalue weighted by molar-refractivity contribution is -0.987. The van der Waals surface area contributed by atoms with E-state index in [0.717, 1.165) is 11.8 Å². The fourth-order valence-electron chi connectivity index (χ4n) is 3.05. The second-order valence-corrected chi connectivity index (χ2v) is 6.49. The van der Waals surface area contributed by atoms with Crippen molar-refractivity contribution < 1.29 is 28.7 Å². The molecule has 4 rings (SSSR count). The van der Waals surface area contributed by atoms with Crippen molar-refractivity contribution in [1.29, 1.82) is 0 Å². The highest BCUT2D eigenvalue weighted by Gasteiger charge is 2.45. The van der Waals surface area contributed by atoms with Crippen LogP contribution in [0.1, 0.15) is 5.56 Å². The van der Waals surface area contributed by atoms with Gasteiger partial charge in [-0.1, -0.05) is 18.2 Å². The summed E-state index contributed by atoms with van der Waals surface area (Å²) in [6, 6.07) is 7.00. The van der Waals surface area contributed by atoms with Crippen molar-refractivity contribution in [2.75, 3.05) is 13.6 Å². The van der Waals surface area contributed by atoms with Crippen LogP contribution in [0.3, 0.4) is 0 Å². The third-order valence-electron chi connectivity index (χ3n) is 4.54. The molecule has 28 heavy (non-hydrogen) atoms. The van der Waals surface area contributed by atoms with Crippen LogP contribution < -0.4 is 10.1 Å². The fraction of sp³-hybridized carbons (Fsp3) is 0.222. The van der Waals surface area contributed by atoms with Gasteiger partial charge in [0.2, 0.25) is 6.10 Å². The number of benzene rings is 1. The number of carboxylic acids is 1. The first kappa shape index (κ1) is 17.9. The number of hydrogen-bond acceptors (Lipinski definition) is 6. The molecular formula is C18H17FN5O4+. The summed E-state index contributed by atoms with van der Waals surface area (Å²) >= 11 is 0. The third-order valence-corrected chi connectivity index (χ3v) is 4.54. The Labute approximate surface area is 159 Å². The minimum Gasteiger partial charge on any atom is -0.478 e. The van der Waals surface area contributed by atoms with Gasteiger partial charge in [-0.05, 0) is 11.2 Å². The number of para-hydroxylation sites is 1. The summed E-state index contributed by atoms with van der Waals surface area (Å²) in [6.45, 7) is 0.0322. The quantitative estimate of drug-likeness (QED) is 0.699. The molecule has 0 saturated heterocycles. The molecule has 2 N–H and O–H groups in total. The van der Waals surface area contributed by atoms with Crippen molar-refractivity contribution >= 4 is 23.9 Å². The Balaban J connectivity index is 1.79. The molecule has 0 saturated carbocycles. The van der Waals surface area contributed by atoms with Gasteiger partial charge < -0.3 is 20.1 Å². The van der Waals surface area contributed by atoms with Crippen LogP contribution in [0.15, 0.2) is 58.0 Å². The number of fused-ring (bicyclic) bond motifs is 1. The number of hydrogen-bond donors (Lipinski definition) is 2. The summed E-state index contributed by atoms with van der Waals surface area (Å²) in [7, 11) is 1.75. The van der Waals surface area contributed by atoms with Crippen LogP contribution in [0.25, 0.3) is 0 Å². The lowest BCUT2D eigenvalue weighted by Gasteiger charge is -2.24. The molecule has 9 nitrogen and oxygen atoms in total. The Morgan fingerprint density at radius 1 is 1.43 bits per heavy atom. The molecule has 0 radical (unpaired) electrons. The number of nitrogens with zero attached hydrogens (tertiary/aromatic N) is 4. The van der Waals surface area contributed by atoms with Crippen molar-refractivity contribution in [3.05, 3.63) is 53.5 Å². The zero-order chi connectivity index (χ0) is 19.9. The number of likely N-dealkylation sites (N-methyl/N-ethyl adjacent to an activating group) is 1. The maximum absolute atomic E-state index is 14.9. The molecule has 0 fully saturated rings. The van der Waals surface area contributed by atoms with Crippen LogP contribution in [-0.2, 0) is 16.1 Å². The monoisotopic (exact) mass is 386 g/mol. The van der Waals surface area contributed by atoms with Crippen LogP contribution in [0.4, 0.5) is 4.48 Å². The van der Waals surface area contributed by atoms with Crippen molar-refractivity contribution in [3.8, 4) is 5.75 Å². The van der Waals surface area contributed by atoms with E-state index in [2.05, 4.69) is 15.4 Å². The fourth-order valence-corrected chi connectivity index (χ4v) is 3.05. The molecule has 2 atom stereocenters. The molecule has 1 amide bonds. The SMILES string of the molecule is CN1Cc2ccccc2OC(C(=O)O)CNC(=O)C2=C3N=C1C=C[N+]3(F)N=C2. The van der Waals surface area contributed by atoms with Crippen molar-refractivity contribution in [3.63, 3.8) is 0 Å². The first-order valence-corrected chi connectivity index (χ1v) is 8.51. The molecule has 3 heterocycles. The van der Waals surface area contributed by atoms with Gasteiger partial charge in [-0.3, -0.25) is 4.79 Å². The van der Waals surface area contributed by atoms with Crippen molar-refractivity contribution in [2.45, 2.75) is 12.6 Å². The molecule has 1 aromatic carbocycles. The van der Waals surface area contributed by atoms with Gasteiger partial charge in [-0.25, -0.2) is 4.79 Å². The van der Waals surface area contributed by atoms with Crippen molar-refractivity contribution in [2.24, 2.45) is 10.1 Å². The Bertz CT molecular complexity index is 986. The molecule has 3 aliphatic rings. The highest BCUT2D eigenvalue weighted by Crippen LogP contribution is 2.33. The number of halogens is 1. The van der Waals surface area contributed by atoms with Gasteiger partial charge >= 0.3 is 11.8 Å².